The van der Waals surface area contributed by atoms with Crippen LogP contribution in [0.3, 0.4) is 0 Å². The van der Waals surface area contributed by atoms with Crippen molar-refractivity contribution in [3.63, 3.8) is 0 Å². The van der Waals surface area contributed by atoms with Crippen LogP contribution in [0.5, 0.6) is 0 Å². The molecule has 0 aliphatic rings. The molecule has 0 fully saturated rings. The third-order valence-electron chi connectivity index (χ3n) is 5.78. The number of hydrogen-bond acceptors (Lipinski definition) is 3. The van der Waals surface area contributed by atoms with Gasteiger partial charge in [-0.1, -0.05) is 102 Å². The van der Waals surface area contributed by atoms with E-state index in [9.17, 15) is 9.59 Å². The number of halogens is 2. The normalized spacial score (nSPS) is 11.6. The van der Waals surface area contributed by atoms with E-state index in [2.05, 4.69) is 28.2 Å². The van der Waals surface area contributed by atoms with E-state index in [1.165, 1.54) is 11.8 Å². The summed E-state index contributed by atoms with van der Waals surface area (Å²) in [6, 6.07) is 24.8. The van der Waals surface area contributed by atoms with Gasteiger partial charge in [-0.3, -0.25) is 9.59 Å². The second kappa shape index (κ2) is 15.1. The number of carbonyl (C=O) groups excluding carboxylic acids is 2. The van der Waals surface area contributed by atoms with Gasteiger partial charge in [-0.25, -0.2) is 0 Å². The lowest BCUT2D eigenvalue weighted by Gasteiger charge is -2.31. The van der Waals surface area contributed by atoms with Crippen molar-refractivity contribution in [1.82, 2.24) is 10.2 Å². The number of benzene rings is 3. The van der Waals surface area contributed by atoms with Gasteiger partial charge in [-0.15, -0.1) is 11.8 Å². The predicted octanol–water partition coefficient (Wildman–Crippen LogP) is 6.89. The second-order valence-electron chi connectivity index (χ2n) is 8.59. The number of carbonyl (C=O) groups is 2. The van der Waals surface area contributed by atoms with Gasteiger partial charge in [0, 0.05) is 34.8 Å². The maximum absolute atomic E-state index is 13.7. The number of hydrogen-bond donors (Lipinski definition) is 1. The minimum atomic E-state index is -0.614. The molecule has 1 atom stereocenters. The molecule has 7 heteroatoms. The molecule has 0 saturated carbocycles. The molecule has 3 aromatic carbocycles. The van der Waals surface area contributed by atoms with Crippen LogP contribution in [0.15, 0.2) is 83.3 Å². The molecular formula is C29H32BrClN2O2S. The molecule has 0 saturated heterocycles. The molecule has 0 aliphatic heterocycles. The Balaban J connectivity index is 1.84. The summed E-state index contributed by atoms with van der Waals surface area (Å²) in [4.78, 5) is 28.8. The highest BCUT2D eigenvalue weighted by molar-refractivity contribution is 9.10. The first kappa shape index (κ1) is 28.3. The largest absolute Gasteiger partial charge is 0.354 e. The Morgan fingerprint density at radius 1 is 1.00 bits per heavy atom. The van der Waals surface area contributed by atoms with Gasteiger partial charge in [-0.05, 0) is 41.3 Å². The molecule has 36 heavy (non-hydrogen) atoms. The van der Waals surface area contributed by atoms with Crippen LogP contribution in [0.1, 0.15) is 36.5 Å². The number of nitrogens with one attached hydrogen (secondary N) is 1. The first-order valence-electron chi connectivity index (χ1n) is 12.1. The fourth-order valence-electron chi connectivity index (χ4n) is 3.84. The van der Waals surface area contributed by atoms with Gasteiger partial charge in [-0.2, -0.15) is 0 Å². The zero-order valence-electron chi connectivity index (χ0n) is 20.5. The van der Waals surface area contributed by atoms with Crippen LogP contribution < -0.4 is 5.32 Å². The van der Waals surface area contributed by atoms with E-state index in [1.54, 1.807) is 4.90 Å². The maximum Gasteiger partial charge on any atom is 0.243 e. The number of rotatable bonds is 13. The molecule has 0 radical (unpaired) electrons. The smallest absolute Gasteiger partial charge is 0.243 e. The third kappa shape index (κ3) is 8.99. The second-order valence-corrected chi connectivity index (χ2v) is 10.9. The van der Waals surface area contributed by atoms with Gasteiger partial charge in [0.25, 0.3) is 0 Å². The van der Waals surface area contributed by atoms with E-state index in [4.69, 9.17) is 11.6 Å². The number of amides is 2. The molecular weight excluding hydrogens is 556 g/mol. The highest BCUT2D eigenvalue weighted by atomic mass is 79.9. The average Bonchev–Trinajstić information content (AvgIpc) is 2.88. The fourth-order valence-corrected chi connectivity index (χ4v) is 5.48. The lowest BCUT2D eigenvalue weighted by atomic mass is 10.0. The Hall–Kier alpha value is -2.28. The zero-order valence-corrected chi connectivity index (χ0v) is 23.6. The van der Waals surface area contributed by atoms with E-state index in [0.717, 1.165) is 34.0 Å². The number of thioether (sulfide) groups is 1. The van der Waals surface area contributed by atoms with E-state index in [0.29, 0.717) is 30.3 Å². The van der Waals surface area contributed by atoms with Crippen molar-refractivity contribution in [2.45, 2.75) is 44.5 Å². The molecule has 2 amide bonds. The SMILES string of the molecule is CCCCNC(=O)C(Cc1ccccc1)N(Cc1cccc(Br)c1)C(=O)CSCc1ccccc1Cl. The third-order valence-corrected chi connectivity index (χ3v) is 7.61. The topological polar surface area (TPSA) is 49.4 Å². The van der Waals surface area contributed by atoms with Gasteiger partial charge in [0.15, 0.2) is 0 Å². The first-order chi connectivity index (χ1) is 17.5. The molecule has 190 valence electrons. The average molecular weight is 588 g/mol. The minimum absolute atomic E-state index is 0.0707. The van der Waals surface area contributed by atoms with Gasteiger partial charge in [0.2, 0.25) is 11.8 Å². The van der Waals surface area contributed by atoms with Crippen LogP contribution >= 0.6 is 39.3 Å². The summed E-state index contributed by atoms with van der Waals surface area (Å²) in [7, 11) is 0. The van der Waals surface area contributed by atoms with Gasteiger partial charge >= 0.3 is 0 Å². The monoisotopic (exact) mass is 586 g/mol. The van der Waals surface area contributed by atoms with Crippen molar-refractivity contribution >= 4 is 51.1 Å². The molecule has 1 unspecified atom stereocenters. The summed E-state index contributed by atoms with van der Waals surface area (Å²) in [5, 5.41) is 3.75. The summed E-state index contributed by atoms with van der Waals surface area (Å²) in [6.45, 7) is 3.04. The molecule has 0 aromatic heterocycles. The van der Waals surface area contributed by atoms with Crippen LogP contribution in [0.2, 0.25) is 5.02 Å². The number of unbranched alkanes of at least 4 members (excludes halogenated alkanes) is 1. The van der Waals surface area contributed by atoms with Crippen LogP contribution in [-0.2, 0) is 28.3 Å². The molecule has 0 bridgehead atoms. The summed E-state index contributed by atoms with van der Waals surface area (Å²) >= 11 is 11.3. The Bertz CT molecular complexity index is 1130. The molecule has 4 nitrogen and oxygen atoms in total. The standard InChI is InChI=1S/C29H32BrClN2O2S/c1-2-3-16-32-29(35)27(18-22-10-5-4-6-11-22)33(19-23-12-9-14-25(30)17-23)28(34)21-36-20-24-13-7-8-15-26(24)31/h4-15,17,27H,2-3,16,18-21H2,1H3,(H,32,35). The first-order valence-corrected chi connectivity index (χ1v) is 14.5. The van der Waals surface area contributed by atoms with Crippen molar-refractivity contribution in [1.29, 1.82) is 0 Å². The maximum atomic E-state index is 13.7. The van der Waals surface area contributed by atoms with E-state index in [-0.39, 0.29) is 17.6 Å². The zero-order chi connectivity index (χ0) is 25.8. The Morgan fingerprint density at radius 3 is 2.44 bits per heavy atom. The quantitative estimate of drug-likeness (QED) is 0.222. The van der Waals surface area contributed by atoms with Crippen LogP contribution in [-0.4, -0.2) is 35.1 Å². The predicted molar refractivity (Wildman–Crippen MR) is 154 cm³/mol. The van der Waals surface area contributed by atoms with Crippen LogP contribution in [0.4, 0.5) is 0 Å². The van der Waals surface area contributed by atoms with Crippen molar-refractivity contribution < 1.29 is 9.59 Å². The number of nitrogens with zero attached hydrogens (tertiary/aromatic N) is 1. The summed E-state index contributed by atoms with van der Waals surface area (Å²) in [5.74, 6) is 0.694. The van der Waals surface area contributed by atoms with Gasteiger partial charge in [0.1, 0.15) is 6.04 Å². The highest BCUT2D eigenvalue weighted by Crippen LogP contribution is 2.23. The van der Waals surface area contributed by atoms with E-state index >= 15 is 0 Å². The van der Waals surface area contributed by atoms with Crippen molar-refractivity contribution in [2.24, 2.45) is 0 Å². The summed E-state index contributed by atoms with van der Waals surface area (Å²) in [6.07, 6.45) is 2.34. The van der Waals surface area contributed by atoms with Gasteiger partial charge < -0.3 is 10.2 Å². The van der Waals surface area contributed by atoms with Crippen LogP contribution in [0.25, 0.3) is 0 Å². The molecule has 0 heterocycles. The highest BCUT2D eigenvalue weighted by Gasteiger charge is 2.30. The molecule has 3 aromatic rings. The van der Waals surface area contributed by atoms with Crippen molar-refractivity contribution in [2.75, 3.05) is 12.3 Å². The van der Waals surface area contributed by atoms with Crippen molar-refractivity contribution in [3.8, 4) is 0 Å². The molecule has 3 rings (SSSR count). The summed E-state index contributed by atoms with van der Waals surface area (Å²) in [5.41, 5.74) is 2.98. The fraction of sp³-hybridized carbons (Fsp3) is 0.310. The summed E-state index contributed by atoms with van der Waals surface area (Å²) < 4.78 is 0.938. The van der Waals surface area contributed by atoms with Crippen LogP contribution in [0, 0.1) is 0 Å². The van der Waals surface area contributed by atoms with Gasteiger partial charge in [0.05, 0.1) is 5.75 Å². The minimum Gasteiger partial charge on any atom is -0.354 e. The Morgan fingerprint density at radius 2 is 1.72 bits per heavy atom. The molecule has 1 N–H and O–H groups in total. The van der Waals surface area contributed by atoms with E-state index in [1.807, 2.05) is 78.9 Å². The molecule has 0 aliphatic carbocycles. The lowest BCUT2D eigenvalue weighted by molar-refractivity contribution is -0.139. The molecule has 0 spiro atoms. The van der Waals surface area contributed by atoms with Crippen molar-refractivity contribution in [3.05, 3.63) is 105 Å². The Labute approximate surface area is 231 Å². The Kier molecular flexibility index (Phi) is 11.9. The lowest BCUT2D eigenvalue weighted by Crippen LogP contribution is -2.51. The van der Waals surface area contributed by atoms with E-state index < -0.39 is 6.04 Å².